The third-order valence-corrected chi connectivity index (χ3v) is 2.95. The molecule has 1 aliphatic heterocycles. The van der Waals surface area contributed by atoms with Crippen molar-refractivity contribution in [3.8, 4) is 11.3 Å². The van der Waals surface area contributed by atoms with Crippen LogP contribution in [0.3, 0.4) is 0 Å². The Morgan fingerprint density at radius 3 is 2.82 bits per heavy atom. The largest absolute Gasteiger partial charge is 0.464 e. The van der Waals surface area contributed by atoms with E-state index in [1.54, 1.807) is 6.26 Å². The van der Waals surface area contributed by atoms with Gasteiger partial charge in [0.15, 0.2) is 0 Å². The van der Waals surface area contributed by atoms with Crippen LogP contribution in [0, 0.1) is 6.07 Å². The zero-order valence-corrected chi connectivity index (χ0v) is 9.56. The summed E-state index contributed by atoms with van der Waals surface area (Å²) in [6, 6.07) is 13.2. The Balaban J connectivity index is 1.88. The first-order valence-electron chi connectivity index (χ1n) is 5.82. The molecule has 1 radical (unpaired) electrons. The van der Waals surface area contributed by atoms with Crippen LogP contribution in [0.15, 0.2) is 41.0 Å². The second kappa shape index (κ2) is 4.63. The summed E-state index contributed by atoms with van der Waals surface area (Å²) in [5.74, 6) is 0.861. The molecule has 0 amide bonds. The monoisotopic (exact) mass is 228 g/mol. The molecule has 1 aromatic heterocycles. The van der Waals surface area contributed by atoms with E-state index in [0.29, 0.717) is 0 Å². The van der Waals surface area contributed by atoms with Crippen LogP contribution in [-0.4, -0.2) is 26.3 Å². The average molecular weight is 228 g/mol. The third kappa shape index (κ3) is 2.19. The Labute approximate surface area is 101 Å². The van der Waals surface area contributed by atoms with Crippen LogP contribution < -0.4 is 4.90 Å². The van der Waals surface area contributed by atoms with Gasteiger partial charge >= 0.3 is 0 Å². The number of hydrogen-bond donors (Lipinski definition) is 0. The number of nitrogens with zero attached hydrogens (tertiary/aromatic N) is 1. The van der Waals surface area contributed by atoms with Crippen LogP contribution in [0.25, 0.3) is 11.3 Å². The number of ether oxygens (including phenoxy) is 1. The molecule has 3 nitrogen and oxygen atoms in total. The Kier molecular flexibility index (Phi) is 2.84. The van der Waals surface area contributed by atoms with E-state index in [4.69, 9.17) is 9.15 Å². The van der Waals surface area contributed by atoms with E-state index in [2.05, 4.69) is 23.1 Å². The summed E-state index contributed by atoms with van der Waals surface area (Å²) in [4.78, 5) is 2.32. The Morgan fingerprint density at radius 1 is 1.18 bits per heavy atom. The van der Waals surface area contributed by atoms with E-state index in [9.17, 15) is 0 Å². The highest BCUT2D eigenvalue weighted by Crippen LogP contribution is 2.24. The molecule has 3 heteroatoms. The summed E-state index contributed by atoms with van der Waals surface area (Å²) in [5.41, 5.74) is 2.21. The first-order chi connectivity index (χ1) is 8.43. The highest BCUT2D eigenvalue weighted by molar-refractivity contribution is 5.63. The average Bonchev–Trinajstić information content (AvgIpc) is 2.94. The maximum Gasteiger partial charge on any atom is 0.134 e. The molecule has 0 N–H and O–H groups in total. The minimum Gasteiger partial charge on any atom is -0.464 e. The smallest absolute Gasteiger partial charge is 0.134 e. The van der Waals surface area contributed by atoms with Crippen molar-refractivity contribution >= 4 is 5.69 Å². The first kappa shape index (κ1) is 10.4. The van der Waals surface area contributed by atoms with Crippen molar-refractivity contribution in [2.24, 2.45) is 0 Å². The molecule has 17 heavy (non-hydrogen) atoms. The Morgan fingerprint density at radius 2 is 2.06 bits per heavy atom. The van der Waals surface area contributed by atoms with Crippen molar-refractivity contribution in [3.63, 3.8) is 0 Å². The maximum absolute atomic E-state index is 5.39. The van der Waals surface area contributed by atoms with E-state index in [1.807, 2.05) is 18.2 Å². The van der Waals surface area contributed by atoms with Gasteiger partial charge in [-0.25, -0.2) is 0 Å². The van der Waals surface area contributed by atoms with Crippen molar-refractivity contribution < 1.29 is 9.15 Å². The van der Waals surface area contributed by atoms with E-state index >= 15 is 0 Å². The van der Waals surface area contributed by atoms with E-state index in [-0.39, 0.29) is 0 Å². The van der Waals surface area contributed by atoms with Crippen molar-refractivity contribution in [2.75, 3.05) is 31.2 Å². The molecule has 87 valence electrons. The molecular formula is C14H14NO2. The van der Waals surface area contributed by atoms with Crippen LogP contribution in [-0.2, 0) is 4.74 Å². The molecule has 3 rings (SSSR count). The molecule has 1 saturated heterocycles. The summed E-state index contributed by atoms with van der Waals surface area (Å²) in [5, 5.41) is 0. The van der Waals surface area contributed by atoms with Gasteiger partial charge in [0.2, 0.25) is 0 Å². The van der Waals surface area contributed by atoms with Crippen molar-refractivity contribution in [3.05, 3.63) is 42.7 Å². The molecule has 0 spiro atoms. The highest BCUT2D eigenvalue weighted by atomic mass is 16.5. The van der Waals surface area contributed by atoms with Gasteiger partial charge in [-0.1, -0.05) is 6.07 Å². The zero-order valence-electron chi connectivity index (χ0n) is 9.56. The molecule has 1 fully saturated rings. The second-order valence-corrected chi connectivity index (χ2v) is 4.04. The quantitative estimate of drug-likeness (QED) is 0.790. The third-order valence-electron chi connectivity index (χ3n) is 2.95. The van der Waals surface area contributed by atoms with Gasteiger partial charge in [-0.05, 0) is 30.3 Å². The van der Waals surface area contributed by atoms with Gasteiger partial charge in [0, 0.05) is 24.3 Å². The number of furan rings is 1. The van der Waals surface area contributed by atoms with Gasteiger partial charge in [0.25, 0.3) is 0 Å². The van der Waals surface area contributed by atoms with Crippen molar-refractivity contribution in [1.29, 1.82) is 0 Å². The van der Waals surface area contributed by atoms with Crippen LogP contribution in [0.1, 0.15) is 0 Å². The molecule has 2 heterocycles. The first-order valence-corrected chi connectivity index (χ1v) is 5.82. The molecule has 2 aromatic rings. The van der Waals surface area contributed by atoms with Crippen LogP contribution >= 0.6 is 0 Å². The van der Waals surface area contributed by atoms with Crippen molar-refractivity contribution in [1.82, 2.24) is 0 Å². The molecule has 1 aromatic carbocycles. The fourth-order valence-electron chi connectivity index (χ4n) is 2.05. The summed E-state index contributed by atoms with van der Waals surface area (Å²) in [6.45, 7) is 3.49. The molecule has 1 aliphatic rings. The number of anilines is 1. The minimum atomic E-state index is 0.800. The summed E-state index contributed by atoms with van der Waals surface area (Å²) >= 11 is 0. The van der Waals surface area contributed by atoms with Gasteiger partial charge in [-0.3, -0.25) is 0 Å². The molecular weight excluding hydrogens is 214 g/mol. The molecule has 0 aliphatic carbocycles. The molecule has 0 bridgehead atoms. The predicted octanol–water partition coefficient (Wildman–Crippen LogP) is 2.58. The van der Waals surface area contributed by atoms with Crippen LogP contribution in [0.2, 0.25) is 0 Å². The van der Waals surface area contributed by atoms with E-state index in [1.165, 1.54) is 5.69 Å². The molecule has 0 atom stereocenters. The number of morpholine rings is 1. The molecule has 0 saturated carbocycles. The highest BCUT2D eigenvalue weighted by Gasteiger charge is 2.12. The standard InChI is InChI=1S/C14H14NO2/c1-3-12(14-5-2-8-17-14)11-13(4-1)15-6-9-16-10-7-15/h1-2,4-5,8,11H,6-7,9-10H2. The normalized spacial score (nSPS) is 16.1. The fraction of sp³-hybridized carbons (Fsp3) is 0.286. The topological polar surface area (TPSA) is 25.6 Å². The SMILES string of the molecule is [c]1ccc(N2CCOCC2)cc1-c1ccco1. The Hall–Kier alpha value is -1.74. The number of benzene rings is 1. The summed E-state index contributed by atoms with van der Waals surface area (Å²) in [7, 11) is 0. The predicted molar refractivity (Wildman–Crippen MR) is 66.0 cm³/mol. The lowest BCUT2D eigenvalue weighted by molar-refractivity contribution is 0.122. The van der Waals surface area contributed by atoms with Crippen molar-refractivity contribution in [2.45, 2.75) is 0 Å². The lowest BCUT2D eigenvalue weighted by atomic mass is 10.1. The van der Waals surface area contributed by atoms with Crippen LogP contribution in [0.4, 0.5) is 5.69 Å². The van der Waals surface area contributed by atoms with Crippen LogP contribution in [0.5, 0.6) is 0 Å². The molecule has 0 unspecified atom stereocenters. The van der Waals surface area contributed by atoms with E-state index in [0.717, 1.165) is 37.6 Å². The van der Waals surface area contributed by atoms with Gasteiger partial charge in [-0.15, -0.1) is 0 Å². The van der Waals surface area contributed by atoms with Gasteiger partial charge < -0.3 is 14.1 Å². The number of rotatable bonds is 2. The lowest BCUT2D eigenvalue weighted by Gasteiger charge is -2.29. The maximum atomic E-state index is 5.39. The lowest BCUT2D eigenvalue weighted by Crippen LogP contribution is -2.36. The van der Waals surface area contributed by atoms with Gasteiger partial charge in [0.05, 0.1) is 19.5 Å². The fourth-order valence-corrected chi connectivity index (χ4v) is 2.05. The number of hydrogen-bond acceptors (Lipinski definition) is 3. The van der Waals surface area contributed by atoms with Gasteiger partial charge in [0.1, 0.15) is 5.76 Å². The van der Waals surface area contributed by atoms with E-state index < -0.39 is 0 Å². The van der Waals surface area contributed by atoms with Gasteiger partial charge in [-0.2, -0.15) is 0 Å². The minimum absolute atomic E-state index is 0.800. The second-order valence-electron chi connectivity index (χ2n) is 4.04. The summed E-state index contributed by atoms with van der Waals surface area (Å²) in [6.07, 6.45) is 1.69. The zero-order chi connectivity index (χ0) is 11.5. The summed E-state index contributed by atoms with van der Waals surface area (Å²) < 4.78 is 10.7. The Bertz CT molecular complexity index is 473.